The van der Waals surface area contributed by atoms with Crippen LogP contribution in [-0.4, -0.2) is 17.9 Å². The van der Waals surface area contributed by atoms with Crippen molar-refractivity contribution < 1.29 is 9.59 Å². The van der Waals surface area contributed by atoms with Crippen LogP contribution in [0.2, 0.25) is 0 Å². The first-order chi connectivity index (χ1) is 11.2. The fourth-order valence-electron chi connectivity index (χ4n) is 4.76. The lowest BCUT2D eigenvalue weighted by Gasteiger charge is -2.39. The number of carbonyl (C=O) groups is 2. The van der Waals surface area contributed by atoms with E-state index in [0.29, 0.717) is 11.8 Å². The van der Waals surface area contributed by atoms with Gasteiger partial charge in [-0.2, -0.15) is 0 Å². The van der Waals surface area contributed by atoms with Gasteiger partial charge in [-0.1, -0.05) is 32.9 Å². The summed E-state index contributed by atoms with van der Waals surface area (Å²) < 4.78 is 0. The fraction of sp³-hybridized carbons (Fsp3) is 0.600. The standard InChI is InChI=1S/C20H28N2O2/c1-13(23)21-16-7-5-14(6-8-16)11-18(24)22-17-12-15-9-10-20(17,4)19(15,2)3/h5-8,15,17H,9-12H2,1-4H3,(H,21,23)(H,22,24). The molecule has 4 nitrogen and oxygen atoms in total. The molecule has 4 heteroatoms. The predicted octanol–water partition coefficient (Wildman–Crippen LogP) is 3.52. The van der Waals surface area contributed by atoms with Crippen LogP contribution in [0.15, 0.2) is 24.3 Å². The molecule has 0 spiro atoms. The molecule has 2 N–H and O–H groups in total. The van der Waals surface area contributed by atoms with Crippen LogP contribution in [0, 0.1) is 16.7 Å². The summed E-state index contributed by atoms with van der Waals surface area (Å²) in [6.45, 7) is 8.54. The molecule has 0 aliphatic heterocycles. The number of hydrogen-bond donors (Lipinski definition) is 2. The van der Waals surface area contributed by atoms with Crippen molar-refractivity contribution >= 4 is 17.5 Å². The van der Waals surface area contributed by atoms with E-state index in [1.807, 2.05) is 24.3 Å². The van der Waals surface area contributed by atoms with Crippen molar-refractivity contribution in [1.82, 2.24) is 5.32 Å². The van der Waals surface area contributed by atoms with Gasteiger partial charge in [-0.15, -0.1) is 0 Å². The molecule has 3 rings (SSSR count). The lowest BCUT2D eigenvalue weighted by molar-refractivity contribution is -0.122. The lowest BCUT2D eigenvalue weighted by atomic mass is 9.69. The monoisotopic (exact) mass is 328 g/mol. The molecule has 2 amide bonds. The number of anilines is 1. The molecule has 2 aliphatic carbocycles. The minimum absolute atomic E-state index is 0.0902. The van der Waals surface area contributed by atoms with Gasteiger partial charge in [0, 0.05) is 18.7 Å². The molecule has 2 bridgehead atoms. The van der Waals surface area contributed by atoms with E-state index in [4.69, 9.17) is 0 Å². The SMILES string of the molecule is CC(=O)Nc1ccc(CC(=O)NC2CC3CCC2(C)C3(C)C)cc1. The molecule has 24 heavy (non-hydrogen) atoms. The summed E-state index contributed by atoms with van der Waals surface area (Å²) in [5.41, 5.74) is 2.25. The van der Waals surface area contributed by atoms with Crippen LogP contribution >= 0.6 is 0 Å². The second-order valence-corrected chi connectivity index (χ2v) is 8.29. The van der Waals surface area contributed by atoms with Crippen LogP contribution < -0.4 is 10.6 Å². The molecule has 3 atom stereocenters. The number of benzene rings is 1. The van der Waals surface area contributed by atoms with Crippen LogP contribution in [0.25, 0.3) is 0 Å². The Hall–Kier alpha value is -1.84. The first-order valence-electron chi connectivity index (χ1n) is 8.88. The molecular weight excluding hydrogens is 300 g/mol. The summed E-state index contributed by atoms with van der Waals surface area (Å²) in [7, 11) is 0. The van der Waals surface area contributed by atoms with Crippen molar-refractivity contribution in [3.05, 3.63) is 29.8 Å². The maximum Gasteiger partial charge on any atom is 0.224 e. The van der Waals surface area contributed by atoms with Crippen LogP contribution in [0.4, 0.5) is 5.69 Å². The van der Waals surface area contributed by atoms with E-state index in [0.717, 1.165) is 23.6 Å². The maximum atomic E-state index is 12.5. The minimum atomic E-state index is -0.0902. The zero-order valence-electron chi connectivity index (χ0n) is 15.1. The Morgan fingerprint density at radius 3 is 2.33 bits per heavy atom. The highest BCUT2D eigenvalue weighted by molar-refractivity contribution is 5.88. The lowest BCUT2D eigenvalue weighted by Crippen LogP contribution is -2.47. The molecule has 2 aliphatic rings. The normalized spacial score (nSPS) is 30.2. The fourth-order valence-corrected chi connectivity index (χ4v) is 4.76. The molecule has 0 heterocycles. The van der Waals surface area contributed by atoms with Crippen molar-refractivity contribution in [2.24, 2.45) is 16.7 Å². The second-order valence-electron chi connectivity index (χ2n) is 8.29. The van der Waals surface area contributed by atoms with Crippen molar-refractivity contribution in [2.75, 3.05) is 5.32 Å². The Labute approximate surface area is 144 Å². The Balaban J connectivity index is 1.60. The molecule has 0 radical (unpaired) electrons. The zero-order valence-corrected chi connectivity index (χ0v) is 15.1. The van der Waals surface area contributed by atoms with Gasteiger partial charge in [-0.25, -0.2) is 0 Å². The van der Waals surface area contributed by atoms with E-state index in [-0.39, 0.29) is 23.3 Å². The predicted molar refractivity (Wildman–Crippen MR) is 95.6 cm³/mol. The maximum absolute atomic E-state index is 12.5. The van der Waals surface area contributed by atoms with Crippen molar-refractivity contribution in [3.63, 3.8) is 0 Å². The highest BCUT2D eigenvalue weighted by Gasteiger charge is 2.61. The molecule has 3 unspecified atom stereocenters. The van der Waals surface area contributed by atoms with E-state index in [9.17, 15) is 9.59 Å². The third-order valence-corrected chi connectivity index (χ3v) is 6.77. The molecule has 2 fully saturated rings. The Morgan fingerprint density at radius 1 is 1.17 bits per heavy atom. The van der Waals surface area contributed by atoms with Gasteiger partial charge in [0.1, 0.15) is 0 Å². The summed E-state index contributed by atoms with van der Waals surface area (Å²) in [6.07, 6.45) is 4.00. The Morgan fingerprint density at radius 2 is 1.83 bits per heavy atom. The highest BCUT2D eigenvalue weighted by Crippen LogP contribution is 2.65. The first-order valence-corrected chi connectivity index (χ1v) is 8.88. The Bertz CT molecular complexity index is 650. The summed E-state index contributed by atoms with van der Waals surface area (Å²) in [5.74, 6) is 0.731. The second kappa shape index (κ2) is 5.91. The van der Waals surface area contributed by atoms with Gasteiger partial charge in [-0.05, 0) is 53.7 Å². The van der Waals surface area contributed by atoms with E-state index in [1.165, 1.54) is 19.8 Å². The first kappa shape index (κ1) is 17.0. The smallest absolute Gasteiger partial charge is 0.224 e. The molecule has 2 saturated carbocycles. The number of carbonyl (C=O) groups excluding carboxylic acids is 2. The minimum Gasteiger partial charge on any atom is -0.353 e. The summed E-state index contributed by atoms with van der Waals surface area (Å²) in [6, 6.07) is 7.77. The van der Waals surface area contributed by atoms with E-state index < -0.39 is 0 Å². The number of hydrogen-bond acceptors (Lipinski definition) is 2. The van der Waals surface area contributed by atoms with Gasteiger partial charge in [0.2, 0.25) is 11.8 Å². The van der Waals surface area contributed by atoms with Gasteiger partial charge in [0.25, 0.3) is 0 Å². The highest BCUT2D eigenvalue weighted by atomic mass is 16.2. The van der Waals surface area contributed by atoms with Crippen molar-refractivity contribution in [3.8, 4) is 0 Å². The van der Waals surface area contributed by atoms with Gasteiger partial charge in [0.15, 0.2) is 0 Å². The van der Waals surface area contributed by atoms with Crippen LogP contribution in [0.5, 0.6) is 0 Å². The molecule has 1 aromatic rings. The number of nitrogens with one attached hydrogen (secondary N) is 2. The average Bonchev–Trinajstić information content (AvgIpc) is 2.82. The third kappa shape index (κ3) is 2.83. The summed E-state index contributed by atoms with van der Waals surface area (Å²) >= 11 is 0. The summed E-state index contributed by atoms with van der Waals surface area (Å²) in [4.78, 5) is 23.5. The molecular formula is C20H28N2O2. The number of fused-ring (bicyclic) bond motifs is 2. The van der Waals surface area contributed by atoms with E-state index >= 15 is 0 Å². The summed E-state index contributed by atoms with van der Waals surface area (Å²) in [5, 5.41) is 6.03. The molecule has 0 aromatic heterocycles. The molecule has 130 valence electrons. The molecule has 1 aromatic carbocycles. The van der Waals surface area contributed by atoms with Gasteiger partial charge >= 0.3 is 0 Å². The molecule has 0 saturated heterocycles. The van der Waals surface area contributed by atoms with Gasteiger partial charge in [-0.3, -0.25) is 9.59 Å². The van der Waals surface area contributed by atoms with Crippen LogP contribution in [0.1, 0.15) is 52.5 Å². The van der Waals surface area contributed by atoms with Crippen LogP contribution in [-0.2, 0) is 16.0 Å². The van der Waals surface area contributed by atoms with Crippen LogP contribution in [0.3, 0.4) is 0 Å². The Kier molecular flexibility index (Phi) is 4.18. The third-order valence-electron chi connectivity index (χ3n) is 6.77. The largest absolute Gasteiger partial charge is 0.353 e. The van der Waals surface area contributed by atoms with Gasteiger partial charge in [0.05, 0.1) is 6.42 Å². The number of amides is 2. The quantitative estimate of drug-likeness (QED) is 0.888. The van der Waals surface area contributed by atoms with Gasteiger partial charge < -0.3 is 10.6 Å². The van der Waals surface area contributed by atoms with Crippen molar-refractivity contribution in [1.29, 1.82) is 0 Å². The van der Waals surface area contributed by atoms with E-state index in [2.05, 4.69) is 31.4 Å². The zero-order chi connectivity index (χ0) is 17.5. The number of rotatable bonds is 4. The topological polar surface area (TPSA) is 58.2 Å². The average molecular weight is 328 g/mol. The van der Waals surface area contributed by atoms with E-state index in [1.54, 1.807) is 0 Å². The van der Waals surface area contributed by atoms with Crippen molar-refractivity contribution in [2.45, 2.75) is 59.4 Å².